The van der Waals surface area contributed by atoms with Crippen molar-refractivity contribution >= 4 is 33.4 Å². The summed E-state index contributed by atoms with van der Waals surface area (Å²) in [4.78, 5) is 27.5. The molecule has 2 aromatic carbocycles. The SMILES string of the molecule is CCOc1ccc(C(O)=C2C(=O)C(=O)N(C[C@@H]3CCCO3)[C@H]2c2ccc(Br)cc2)cc1. The van der Waals surface area contributed by atoms with Crippen LogP contribution in [0.25, 0.3) is 5.76 Å². The van der Waals surface area contributed by atoms with E-state index < -0.39 is 17.7 Å². The molecule has 6 nitrogen and oxygen atoms in total. The number of hydrogen-bond donors (Lipinski definition) is 1. The first kappa shape index (κ1) is 21.6. The molecule has 0 bridgehead atoms. The zero-order valence-electron chi connectivity index (χ0n) is 17.2. The number of hydrogen-bond acceptors (Lipinski definition) is 5. The molecular formula is C24H24BrNO5. The smallest absolute Gasteiger partial charge is 0.295 e. The molecule has 2 heterocycles. The molecule has 0 saturated carbocycles. The second-order valence-corrected chi connectivity index (χ2v) is 8.51. The van der Waals surface area contributed by atoms with E-state index in [9.17, 15) is 14.7 Å². The van der Waals surface area contributed by atoms with Crippen LogP contribution >= 0.6 is 15.9 Å². The highest BCUT2D eigenvalue weighted by molar-refractivity contribution is 9.10. The zero-order valence-corrected chi connectivity index (χ0v) is 18.8. The summed E-state index contributed by atoms with van der Waals surface area (Å²) in [6.07, 6.45) is 1.67. The number of carbonyl (C=O) groups is 2. The summed E-state index contributed by atoms with van der Waals surface area (Å²) in [5.74, 6) is -0.820. The fourth-order valence-electron chi connectivity index (χ4n) is 4.10. The van der Waals surface area contributed by atoms with Gasteiger partial charge in [0, 0.05) is 23.2 Å². The molecule has 0 aliphatic carbocycles. The summed E-state index contributed by atoms with van der Waals surface area (Å²) < 4.78 is 12.1. The number of rotatable bonds is 6. The summed E-state index contributed by atoms with van der Waals surface area (Å²) in [5.41, 5.74) is 1.31. The molecule has 2 saturated heterocycles. The Morgan fingerprint density at radius 3 is 2.48 bits per heavy atom. The predicted molar refractivity (Wildman–Crippen MR) is 120 cm³/mol. The van der Waals surface area contributed by atoms with Crippen LogP contribution in [-0.2, 0) is 14.3 Å². The Morgan fingerprint density at radius 1 is 1.16 bits per heavy atom. The van der Waals surface area contributed by atoms with E-state index in [1.54, 1.807) is 24.3 Å². The van der Waals surface area contributed by atoms with Gasteiger partial charge >= 0.3 is 0 Å². The highest BCUT2D eigenvalue weighted by Crippen LogP contribution is 2.40. The van der Waals surface area contributed by atoms with Gasteiger partial charge in [0.15, 0.2) is 0 Å². The van der Waals surface area contributed by atoms with Gasteiger partial charge in [0.25, 0.3) is 11.7 Å². The molecule has 2 atom stereocenters. The van der Waals surface area contributed by atoms with Crippen molar-refractivity contribution in [3.63, 3.8) is 0 Å². The first-order chi connectivity index (χ1) is 15.0. The van der Waals surface area contributed by atoms with Crippen molar-refractivity contribution in [1.82, 2.24) is 4.90 Å². The van der Waals surface area contributed by atoms with E-state index in [2.05, 4.69) is 15.9 Å². The normalized spacial score (nSPS) is 22.8. The molecule has 1 N–H and O–H groups in total. The first-order valence-corrected chi connectivity index (χ1v) is 11.2. The van der Waals surface area contributed by atoms with Crippen molar-refractivity contribution in [3.8, 4) is 5.75 Å². The number of Topliss-reactive ketones (excluding diaryl/α,β-unsaturated/α-hetero) is 1. The topological polar surface area (TPSA) is 76.1 Å². The lowest BCUT2D eigenvalue weighted by Crippen LogP contribution is -2.36. The van der Waals surface area contributed by atoms with Crippen LogP contribution < -0.4 is 4.74 Å². The van der Waals surface area contributed by atoms with E-state index in [1.807, 2.05) is 31.2 Å². The number of aliphatic hydroxyl groups is 1. The van der Waals surface area contributed by atoms with Crippen LogP contribution in [0.5, 0.6) is 5.75 Å². The molecule has 1 amide bonds. The van der Waals surface area contributed by atoms with Crippen LogP contribution in [0.15, 0.2) is 58.6 Å². The van der Waals surface area contributed by atoms with Gasteiger partial charge in [-0.25, -0.2) is 0 Å². The highest BCUT2D eigenvalue weighted by atomic mass is 79.9. The average Bonchev–Trinajstić information content (AvgIpc) is 3.37. The summed E-state index contributed by atoms with van der Waals surface area (Å²) >= 11 is 3.42. The van der Waals surface area contributed by atoms with E-state index in [4.69, 9.17) is 9.47 Å². The zero-order chi connectivity index (χ0) is 22.0. The highest BCUT2D eigenvalue weighted by Gasteiger charge is 2.47. The molecule has 0 spiro atoms. The van der Waals surface area contributed by atoms with Gasteiger partial charge in [-0.05, 0) is 61.7 Å². The third kappa shape index (κ3) is 4.38. The van der Waals surface area contributed by atoms with E-state index in [-0.39, 0.29) is 17.4 Å². The molecule has 2 aliphatic rings. The van der Waals surface area contributed by atoms with Crippen LogP contribution in [-0.4, -0.2) is 47.6 Å². The van der Waals surface area contributed by atoms with Gasteiger partial charge in [-0.3, -0.25) is 9.59 Å². The van der Waals surface area contributed by atoms with Crippen LogP contribution in [0.2, 0.25) is 0 Å². The minimum Gasteiger partial charge on any atom is -0.507 e. The van der Waals surface area contributed by atoms with Crippen LogP contribution in [0, 0.1) is 0 Å². The second kappa shape index (κ2) is 9.24. The maximum atomic E-state index is 13.0. The monoisotopic (exact) mass is 485 g/mol. The van der Waals surface area contributed by atoms with Crippen molar-refractivity contribution in [3.05, 3.63) is 69.7 Å². The molecule has 162 valence electrons. The summed E-state index contributed by atoms with van der Waals surface area (Å²) in [5, 5.41) is 11.1. The van der Waals surface area contributed by atoms with Crippen molar-refractivity contribution < 1.29 is 24.2 Å². The fourth-order valence-corrected chi connectivity index (χ4v) is 4.36. The lowest BCUT2D eigenvalue weighted by molar-refractivity contribution is -0.140. The molecule has 31 heavy (non-hydrogen) atoms. The molecule has 2 aliphatic heterocycles. The Morgan fingerprint density at radius 2 is 1.87 bits per heavy atom. The van der Waals surface area contributed by atoms with Gasteiger partial charge in [0.2, 0.25) is 0 Å². The molecular weight excluding hydrogens is 462 g/mol. The molecule has 0 aromatic heterocycles. The Bertz CT molecular complexity index is 994. The minimum atomic E-state index is -0.683. The van der Waals surface area contributed by atoms with Gasteiger partial charge in [0.1, 0.15) is 11.5 Å². The van der Waals surface area contributed by atoms with Gasteiger partial charge in [-0.1, -0.05) is 28.1 Å². The molecule has 4 rings (SSSR count). The van der Waals surface area contributed by atoms with Crippen LogP contribution in [0.4, 0.5) is 0 Å². The number of halogens is 1. The summed E-state index contributed by atoms with van der Waals surface area (Å²) in [7, 11) is 0. The van der Waals surface area contributed by atoms with Gasteiger partial charge < -0.3 is 19.5 Å². The number of ether oxygens (including phenoxy) is 2. The lowest BCUT2D eigenvalue weighted by Gasteiger charge is -2.27. The largest absolute Gasteiger partial charge is 0.507 e. The number of benzene rings is 2. The third-order valence-electron chi connectivity index (χ3n) is 5.59. The maximum absolute atomic E-state index is 13.0. The minimum absolute atomic E-state index is 0.0921. The van der Waals surface area contributed by atoms with Crippen LogP contribution in [0.3, 0.4) is 0 Å². The number of aliphatic hydroxyl groups excluding tert-OH is 1. The van der Waals surface area contributed by atoms with E-state index in [0.717, 1.165) is 22.9 Å². The van der Waals surface area contributed by atoms with Gasteiger partial charge in [-0.2, -0.15) is 0 Å². The van der Waals surface area contributed by atoms with Gasteiger partial charge in [-0.15, -0.1) is 0 Å². The number of amides is 1. The average molecular weight is 486 g/mol. The second-order valence-electron chi connectivity index (χ2n) is 7.60. The summed E-state index contributed by atoms with van der Waals surface area (Å²) in [6, 6.07) is 13.6. The summed E-state index contributed by atoms with van der Waals surface area (Å²) in [6.45, 7) is 3.39. The standard InChI is InChI=1S/C24H24BrNO5/c1-2-30-18-11-7-16(8-12-18)22(27)20-21(15-5-9-17(25)10-6-15)26(24(29)23(20)28)14-19-4-3-13-31-19/h5-12,19,21,27H,2-4,13-14H2,1H3/t19-,21-/m0/s1. The Labute approximate surface area is 189 Å². The Balaban J connectivity index is 1.77. The van der Waals surface area contributed by atoms with Crippen molar-refractivity contribution in [1.29, 1.82) is 0 Å². The van der Waals surface area contributed by atoms with E-state index in [1.165, 1.54) is 4.90 Å². The number of nitrogens with zero attached hydrogens (tertiary/aromatic N) is 1. The van der Waals surface area contributed by atoms with E-state index in [0.29, 0.717) is 31.1 Å². The van der Waals surface area contributed by atoms with Crippen molar-refractivity contribution in [2.24, 2.45) is 0 Å². The maximum Gasteiger partial charge on any atom is 0.295 e. The molecule has 7 heteroatoms. The molecule has 2 fully saturated rings. The number of carbonyl (C=O) groups excluding carboxylic acids is 2. The van der Waals surface area contributed by atoms with Gasteiger partial charge in [0.05, 0.1) is 24.3 Å². The Kier molecular flexibility index (Phi) is 6.43. The fraction of sp³-hybridized carbons (Fsp3) is 0.333. The Hall–Kier alpha value is -2.64. The first-order valence-electron chi connectivity index (χ1n) is 10.4. The molecule has 2 aromatic rings. The quantitative estimate of drug-likeness (QED) is 0.371. The number of likely N-dealkylation sites (tertiary alicyclic amines) is 1. The number of ketones is 1. The van der Waals surface area contributed by atoms with Crippen molar-refractivity contribution in [2.75, 3.05) is 19.8 Å². The van der Waals surface area contributed by atoms with Crippen LogP contribution in [0.1, 0.15) is 36.9 Å². The third-order valence-corrected chi connectivity index (χ3v) is 6.12. The lowest BCUT2D eigenvalue weighted by atomic mass is 9.95. The van der Waals surface area contributed by atoms with Crippen molar-refractivity contribution in [2.45, 2.75) is 31.9 Å². The van der Waals surface area contributed by atoms with E-state index >= 15 is 0 Å². The predicted octanol–water partition coefficient (Wildman–Crippen LogP) is 4.45. The molecule has 0 unspecified atom stereocenters. The molecule has 0 radical (unpaired) electrons.